The highest BCUT2D eigenvalue weighted by molar-refractivity contribution is 6.10. The number of hydrogen-bond acceptors (Lipinski definition) is 6. The van der Waals surface area contributed by atoms with E-state index >= 15 is 0 Å². The maximum absolute atomic E-state index is 12.6. The van der Waals surface area contributed by atoms with Crippen molar-refractivity contribution >= 4 is 17.3 Å². The predicted octanol–water partition coefficient (Wildman–Crippen LogP) is 1.85. The zero-order chi connectivity index (χ0) is 18.6. The molecule has 27 heavy (non-hydrogen) atoms. The van der Waals surface area contributed by atoms with Crippen molar-refractivity contribution in [1.29, 1.82) is 5.26 Å². The molecule has 0 amide bonds. The van der Waals surface area contributed by atoms with Gasteiger partial charge in [-0.15, -0.1) is 0 Å². The molecule has 6 heteroatoms. The van der Waals surface area contributed by atoms with E-state index in [2.05, 4.69) is 26.9 Å². The lowest BCUT2D eigenvalue weighted by Crippen LogP contribution is -2.56. The minimum atomic E-state index is -0.0792. The average Bonchev–Trinajstić information content (AvgIpc) is 2.63. The Morgan fingerprint density at radius 2 is 1.93 bits per heavy atom. The standard InChI is InChI=1S/C21H25N5O/c22-10-17-18(27)8-14-11-24-19(26-12-15(23)13-26)9-16(14)20(17)25-6-4-21(5-7-25)2-1-3-21/h9,11,15H,1-8,12-13,23H2. The molecule has 0 unspecified atom stereocenters. The van der Waals surface area contributed by atoms with Crippen LogP contribution in [-0.2, 0) is 11.2 Å². The van der Waals surface area contributed by atoms with E-state index in [4.69, 9.17) is 5.73 Å². The third-order valence-electron chi connectivity index (χ3n) is 6.99. The molecule has 0 aromatic carbocycles. The summed E-state index contributed by atoms with van der Waals surface area (Å²) in [6.45, 7) is 3.47. The van der Waals surface area contributed by atoms with E-state index in [-0.39, 0.29) is 18.2 Å². The molecule has 0 radical (unpaired) electrons. The summed E-state index contributed by atoms with van der Waals surface area (Å²) >= 11 is 0. The fourth-order valence-electron chi connectivity index (χ4n) is 5.06. The number of carbonyl (C=O) groups excluding carboxylic acids is 1. The lowest BCUT2D eigenvalue weighted by Gasteiger charge is -2.49. The molecule has 1 aromatic heterocycles. The number of ketones is 1. The van der Waals surface area contributed by atoms with Crippen molar-refractivity contribution in [1.82, 2.24) is 9.88 Å². The van der Waals surface area contributed by atoms with E-state index in [0.29, 0.717) is 11.0 Å². The number of carbonyl (C=O) groups is 1. The first-order valence-corrected chi connectivity index (χ1v) is 10.0. The van der Waals surface area contributed by atoms with Gasteiger partial charge in [-0.05, 0) is 42.7 Å². The maximum atomic E-state index is 12.6. The third kappa shape index (κ3) is 2.64. The molecule has 5 rings (SSSR count). The molecule has 1 spiro atoms. The van der Waals surface area contributed by atoms with Crippen molar-refractivity contribution in [2.45, 2.75) is 44.6 Å². The molecule has 1 saturated carbocycles. The summed E-state index contributed by atoms with van der Waals surface area (Å²) in [5.41, 5.74) is 9.56. The third-order valence-corrected chi connectivity index (χ3v) is 6.99. The van der Waals surface area contributed by atoms with Gasteiger partial charge in [-0.2, -0.15) is 5.26 Å². The maximum Gasteiger partial charge on any atom is 0.179 e. The summed E-state index contributed by atoms with van der Waals surface area (Å²) in [6, 6.07) is 4.48. The Hall–Kier alpha value is -2.39. The summed E-state index contributed by atoms with van der Waals surface area (Å²) in [5.74, 6) is 0.816. The molecule has 3 fully saturated rings. The van der Waals surface area contributed by atoms with E-state index in [0.717, 1.165) is 61.7 Å². The van der Waals surface area contributed by atoms with Crippen molar-refractivity contribution in [3.63, 3.8) is 0 Å². The van der Waals surface area contributed by atoms with Crippen LogP contribution in [0.2, 0.25) is 0 Å². The molecule has 0 bridgehead atoms. The number of piperidine rings is 1. The molecule has 3 heterocycles. The van der Waals surface area contributed by atoms with Gasteiger partial charge < -0.3 is 15.5 Å². The van der Waals surface area contributed by atoms with Gasteiger partial charge in [0, 0.05) is 50.4 Å². The Morgan fingerprint density at radius 3 is 2.52 bits per heavy atom. The largest absolute Gasteiger partial charge is 0.370 e. The molecule has 0 atom stereocenters. The molecular formula is C21H25N5O. The topological polar surface area (TPSA) is 86.2 Å². The normalized spacial score (nSPS) is 24.4. The summed E-state index contributed by atoms with van der Waals surface area (Å²) < 4.78 is 0. The highest BCUT2D eigenvalue weighted by Crippen LogP contribution is 2.50. The van der Waals surface area contributed by atoms with Gasteiger partial charge in [0.1, 0.15) is 17.5 Å². The van der Waals surface area contributed by atoms with Crippen LogP contribution in [0.4, 0.5) is 5.82 Å². The van der Waals surface area contributed by atoms with Gasteiger partial charge in [0.15, 0.2) is 5.78 Å². The number of fused-ring (bicyclic) bond motifs is 1. The number of anilines is 1. The van der Waals surface area contributed by atoms with E-state index in [1.54, 1.807) is 0 Å². The van der Waals surface area contributed by atoms with Crippen molar-refractivity contribution in [3.05, 3.63) is 29.0 Å². The van der Waals surface area contributed by atoms with Gasteiger partial charge in [-0.25, -0.2) is 4.98 Å². The van der Waals surface area contributed by atoms with Crippen LogP contribution in [0.15, 0.2) is 17.8 Å². The van der Waals surface area contributed by atoms with Crippen molar-refractivity contribution in [3.8, 4) is 6.07 Å². The van der Waals surface area contributed by atoms with E-state index in [1.165, 1.54) is 19.3 Å². The quantitative estimate of drug-likeness (QED) is 0.863. The van der Waals surface area contributed by atoms with Gasteiger partial charge >= 0.3 is 0 Å². The number of pyridine rings is 1. The minimum Gasteiger partial charge on any atom is -0.370 e. The summed E-state index contributed by atoms with van der Waals surface area (Å²) in [6.07, 6.45) is 8.44. The lowest BCUT2D eigenvalue weighted by atomic mass is 9.63. The monoisotopic (exact) mass is 363 g/mol. The highest BCUT2D eigenvalue weighted by Gasteiger charge is 2.41. The number of allylic oxidation sites excluding steroid dienone is 1. The summed E-state index contributed by atoms with van der Waals surface area (Å²) in [5, 5.41) is 9.72. The first-order valence-electron chi connectivity index (χ1n) is 10.0. The summed E-state index contributed by atoms with van der Waals surface area (Å²) in [4.78, 5) is 21.6. The van der Waals surface area contributed by atoms with Crippen LogP contribution in [0.3, 0.4) is 0 Å². The van der Waals surface area contributed by atoms with Crippen LogP contribution in [0.5, 0.6) is 0 Å². The van der Waals surface area contributed by atoms with Crippen LogP contribution in [0.1, 0.15) is 43.2 Å². The number of rotatable bonds is 2. The van der Waals surface area contributed by atoms with Gasteiger partial charge in [0.05, 0.1) is 5.70 Å². The van der Waals surface area contributed by atoms with Crippen LogP contribution >= 0.6 is 0 Å². The number of nitrogens with zero attached hydrogens (tertiary/aromatic N) is 4. The second-order valence-corrected chi connectivity index (χ2v) is 8.64. The Labute approximate surface area is 159 Å². The van der Waals surface area contributed by atoms with E-state index < -0.39 is 0 Å². The molecule has 2 saturated heterocycles. The molecule has 6 nitrogen and oxygen atoms in total. The van der Waals surface area contributed by atoms with Crippen LogP contribution in [0.25, 0.3) is 5.70 Å². The molecule has 2 aliphatic carbocycles. The Morgan fingerprint density at radius 1 is 1.19 bits per heavy atom. The molecule has 140 valence electrons. The molecule has 2 aliphatic heterocycles. The van der Waals surface area contributed by atoms with Crippen LogP contribution < -0.4 is 10.6 Å². The Kier molecular flexibility index (Phi) is 3.76. The molecule has 4 aliphatic rings. The average molecular weight is 363 g/mol. The number of hydrogen-bond donors (Lipinski definition) is 1. The fourth-order valence-corrected chi connectivity index (χ4v) is 5.06. The fraction of sp³-hybridized carbons (Fsp3) is 0.571. The number of nitriles is 1. The Balaban J connectivity index is 1.51. The first kappa shape index (κ1) is 16.8. The number of nitrogens with two attached hydrogens (primary N) is 1. The van der Waals surface area contributed by atoms with E-state index in [1.807, 2.05) is 6.20 Å². The predicted molar refractivity (Wildman–Crippen MR) is 103 cm³/mol. The van der Waals surface area contributed by atoms with E-state index in [9.17, 15) is 10.1 Å². The molecule has 2 N–H and O–H groups in total. The molecular weight excluding hydrogens is 338 g/mol. The number of likely N-dealkylation sites (tertiary alicyclic amines) is 1. The zero-order valence-corrected chi connectivity index (χ0v) is 15.6. The Bertz CT molecular complexity index is 863. The summed E-state index contributed by atoms with van der Waals surface area (Å²) in [7, 11) is 0. The minimum absolute atomic E-state index is 0.0792. The van der Waals surface area contributed by atoms with Crippen LogP contribution in [0, 0.1) is 16.7 Å². The smallest absolute Gasteiger partial charge is 0.179 e. The SMILES string of the molecule is N#CC1=C(N2CCC3(CCC3)CC2)c2cc(N3CC(N)C3)ncc2CC1=O. The van der Waals surface area contributed by atoms with Gasteiger partial charge in [-0.1, -0.05) is 6.42 Å². The second kappa shape index (κ2) is 6.07. The van der Waals surface area contributed by atoms with Crippen LogP contribution in [-0.4, -0.2) is 47.9 Å². The van der Waals surface area contributed by atoms with Crippen molar-refractivity contribution in [2.24, 2.45) is 11.1 Å². The first-order chi connectivity index (χ1) is 13.1. The van der Waals surface area contributed by atoms with Gasteiger partial charge in [-0.3, -0.25) is 4.79 Å². The van der Waals surface area contributed by atoms with Crippen molar-refractivity contribution < 1.29 is 4.79 Å². The second-order valence-electron chi connectivity index (χ2n) is 8.64. The number of Topliss-reactive ketones (excluding diaryl/α,β-unsaturated/α-hetero) is 1. The van der Waals surface area contributed by atoms with Gasteiger partial charge in [0.25, 0.3) is 0 Å². The number of aromatic nitrogens is 1. The highest BCUT2D eigenvalue weighted by atomic mass is 16.1. The van der Waals surface area contributed by atoms with Gasteiger partial charge in [0.2, 0.25) is 0 Å². The molecule has 1 aromatic rings. The zero-order valence-electron chi connectivity index (χ0n) is 15.6. The van der Waals surface area contributed by atoms with Crippen molar-refractivity contribution in [2.75, 3.05) is 31.1 Å². The lowest BCUT2D eigenvalue weighted by molar-refractivity contribution is -0.114.